The van der Waals surface area contributed by atoms with Gasteiger partial charge in [-0.1, -0.05) is 64.1 Å². The maximum Gasteiger partial charge on any atom is 0.109 e. The molecule has 2 heterocycles. The third-order valence-electron chi connectivity index (χ3n) is 4.37. The van der Waals surface area contributed by atoms with Crippen LogP contribution in [0.1, 0.15) is 57.0 Å². The number of hydrogen-bond acceptors (Lipinski definition) is 1. The van der Waals surface area contributed by atoms with Crippen molar-refractivity contribution in [3.8, 4) is 0 Å². The van der Waals surface area contributed by atoms with Crippen LogP contribution in [-0.4, -0.2) is 9.55 Å². The van der Waals surface area contributed by atoms with Crippen LogP contribution in [0.2, 0.25) is 0 Å². The summed E-state index contributed by atoms with van der Waals surface area (Å²) in [4.78, 5) is 4.81. The molecule has 0 saturated heterocycles. The molecule has 3 aromatic rings. The molecule has 1 aliphatic rings. The Bertz CT molecular complexity index is 756. The van der Waals surface area contributed by atoms with Gasteiger partial charge in [0.15, 0.2) is 0 Å². The lowest BCUT2D eigenvalue weighted by Gasteiger charge is -2.24. The molecule has 0 aliphatic carbocycles. The molecule has 0 saturated carbocycles. The lowest BCUT2D eigenvalue weighted by molar-refractivity contribution is 0.464. The molecule has 2 nitrogen and oxygen atoms in total. The lowest BCUT2D eigenvalue weighted by Crippen LogP contribution is -2.18. The zero-order valence-corrected chi connectivity index (χ0v) is 15.7. The maximum atomic E-state index is 4.81. The lowest BCUT2D eigenvalue weighted by atomic mass is 9.91. The van der Waals surface area contributed by atoms with Crippen molar-refractivity contribution in [1.29, 1.82) is 0 Å². The summed E-state index contributed by atoms with van der Waals surface area (Å²) in [5, 5.41) is 0. The van der Waals surface area contributed by atoms with Gasteiger partial charge in [0.2, 0.25) is 0 Å². The average molecular weight is 322 g/mol. The summed E-state index contributed by atoms with van der Waals surface area (Å²) in [5.41, 5.74) is 5.17. The Morgan fingerprint density at radius 2 is 1.67 bits per heavy atom. The molecule has 0 bridgehead atoms. The zero-order valence-electron chi connectivity index (χ0n) is 15.7. The van der Waals surface area contributed by atoms with Gasteiger partial charge in [-0.2, -0.15) is 0 Å². The van der Waals surface area contributed by atoms with Gasteiger partial charge < -0.3 is 4.57 Å². The molecule has 128 valence electrons. The number of rotatable bonds is 1. The summed E-state index contributed by atoms with van der Waals surface area (Å²) in [5.74, 6) is 1.86. The van der Waals surface area contributed by atoms with E-state index in [0.29, 0.717) is 5.92 Å². The topological polar surface area (TPSA) is 17.8 Å². The molecule has 0 N–H and O–H groups in total. The Labute approximate surface area is 146 Å². The SMILES string of the molecule is CC.CC.Cc1ccc2c(c1)nc1n2CC(c2ccccc2)CC1. The standard InChI is InChI=1S/C18H18N2.2C2H6/c1-13-7-9-17-16(11-13)19-18-10-8-15(12-20(17)18)14-5-3-2-4-6-14;2*1-2/h2-7,9,11,15H,8,10,12H2,1H3;2*1-2H3. The van der Waals surface area contributed by atoms with E-state index >= 15 is 0 Å². The fourth-order valence-electron chi connectivity index (χ4n) is 3.30. The van der Waals surface area contributed by atoms with Crippen LogP contribution in [-0.2, 0) is 13.0 Å². The van der Waals surface area contributed by atoms with Crippen LogP contribution in [0, 0.1) is 6.92 Å². The molecule has 2 heteroatoms. The first-order valence-electron chi connectivity index (χ1n) is 9.32. The van der Waals surface area contributed by atoms with E-state index in [1.165, 1.54) is 28.9 Å². The summed E-state index contributed by atoms with van der Waals surface area (Å²) in [6.07, 6.45) is 2.28. The van der Waals surface area contributed by atoms with E-state index in [1.54, 1.807) is 0 Å². The first kappa shape index (κ1) is 18.3. The van der Waals surface area contributed by atoms with Crippen molar-refractivity contribution in [1.82, 2.24) is 9.55 Å². The van der Waals surface area contributed by atoms with E-state index in [0.717, 1.165) is 18.5 Å². The molecule has 1 aliphatic heterocycles. The van der Waals surface area contributed by atoms with E-state index in [-0.39, 0.29) is 0 Å². The van der Waals surface area contributed by atoms with Crippen molar-refractivity contribution in [2.24, 2.45) is 0 Å². The molecule has 1 unspecified atom stereocenters. The van der Waals surface area contributed by atoms with E-state index in [4.69, 9.17) is 4.98 Å². The predicted octanol–water partition coefficient (Wildman–Crippen LogP) is 6.13. The number of hydrogen-bond donors (Lipinski definition) is 0. The van der Waals surface area contributed by atoms with Crippen molar-refractivity contribution in [2.45, 2.75) is 59.9 Å². The second-order valence-corrected chi connectivity index (χ2v) is 5.78. The van der Waals surface area contributed by atoms with E-state index in [9.17, 15) is 0 Å². The smallest absolute Gasteiger partial charge is 0.109 e. The van der Waals surface area contributed by atoms with Crippen LogP contribution in [0.15, 0.2) is 48.5 Å². The van der Waals surface area contributed by atoms with Gasteiger partial charge in [0.05, 0.1) is 11.0 Å². The van der Waals surface area contributed by atoms with Crippen LogP contribution < -0.4 is 0 Å². The Balaban J connectivity index is 0.000000487. The molecule has 0 spiro atoms. The van der Waals surface area contributed by atoms with Gasteiger partial charge in [0.25, 0.3) is 0 Å². The predicted molar refractivity (Wildman–Crippen MR) is 105 cm³/mol. The molecule has 1 aromatic heterocycles. The summed E-state index contributed by atoms with van der Waals surface area (Å²) in [6, 6.07) is 17.5. The monoisotopic (exact) mass is 322 g/mol. The highest BCUT2D eigenvalue weighted by Gasteiger charge is 2.22. The number of nitrogens with zero attached hydrogens (tertiary/aromatic N) is 2. The fourth-order valence-corrected chi connectivity index (χ4v) is 3.30. The fraction of sp³-hybridized carbons (Fsp3) is 0.409. The van der Waals surface area contributed by atoms with Gasteiger partial charge in [0, 0.05) is 18.9 Å². The summed E-state index contributed by atoms with van der Waals surface area (Å²) in [6.45, 7) is 11.2. The van der Waals surface area contributed by atoms with Crippen molar-refractivity contribution < 1.29 is 0 Å². The summed E-state index contributed by atoms with van der Waals surface area (Å²) >= 11 is 0. The molecular weight excluding hydrogens is 292 g/mol. The van der Waals surface area contributed by atoms with E-state index in [1.807, 2.05) is 27.7 Å². The third kappa shape index (κ3) is 3.69. The Morgan fingerprint density at radius 1 is 0.958 bits per heavy atom. The number of imidazole rings is 1. The molecule has 2 aromatic carbocycles. The van der Waals surface area contributed by atoms with Crippen LogP contribution >= 0.6 is 0 Å². The number of aryl methyl sites for hydroxylation is 2. The molecule has 0 fully saturated rings. The third-order valence-corrected chi connectivity index (χ3v) is 4.37. The maximum absolute atomic E-state index is 4.81. The van der Waals surface area contributed by atoms with Gasteiger partial charge in [0.1, 0.15) is 5.82 Å². The molecule has 1 atom stereocenters. The Hall–Kier alpha value is -2.09. The normalized spacial score (nSPS) is 15.6. The largest absolute Gasteiger partial charge is 0.327 e. The van der Waals surface area contributed by atoms with Crippen LogP contribution in [0.3, 0.4) is 0 Å². The first-order chi connectivity index (χ1) is 11.8. The molecule has 0 radical (unpaired) electrons. The molecule has 24 heavy (non-hydrogen) atoms. The van der Waals surface area contributed by atoms with E-state index in [2.05, 4.69) is 60.0 Å². The number of fused-ring (bicyclic) bond motifs is 3. The van der Waals surface area contributed by atoms with Crippen LogP contribution in [0.4, 0.5) is 0 Å². The minimum atomic E-state index is 0.613. The van der Waals surface area contributed by atoms with Crippen molar-refractivity contribution in [3.63, 3.8) is 0 Å². The molecular formula is C22H30N2. The Morgan fingerprint density at radius 3 is 2.38 bits per heavy atom. The van der Waals surface area contributed by atoms with Crippen molar-refractivity contribution in [2.75, 3.05) is 0 Å². The first-order valence-corrected chi connectivity index (χ1v) is 9.32. The second kappa shape index (κ2) is 8.68. The highest BCUT2D eigenvalue weighted by Crippen LogP contribution is 2.31. The van der Waals surface area contributed by atoms with Crippen LogP contribution in [0.25, 0.3) is 11.0 Å². The Kier molecular flexibility index (Phi) is 6.60. The number of aromatic nitrogens is 2. The second-order valence-electron chi connectivity index (χ2n) is 5.78. The molecule has 4 rings (SSSR count). The summed E-state index contributed by atoms with van der Waals surface area (Å²) in [7, 11) is 0. The van der Waals surface area contributed by atoms with Gasteiger partial charge >= 0.3 is 0 Å². The number of benzene rings is 2. The minimum absolute atomic E-state index is 0.613. The summed E-state index contributed by atoms with van der Waals surface area (Å²) < 4.78 is 2.41. The van der Waals surface area contributed by atoms with Gasteiger partial charge in [-0.15, -0.1) is 0 Å². The van der Waals surface area contributed by atoms with Gasteiger partial charge in [-0.3, -0.25) is 0 Å². The quantitative estimate of drug-likeness (QED) is 0.527. The highest BCUT2D eigenvalue weighted by atomic mass is 15.1. The van der Waals surface area contributed by atoms with Gasteiger partial charge in [-0.25, -0.2) is 4.98 Å². The zero-order chi connectivity index (χ0) is 17.5. The molecule has 0 amide bonds. The highest BCUT2D eigenvalue weighted by molar-refractivity contribution is 5.77. The van der Waals surface area contributed by atoms with Crippen LogP contribution in [0.5, 0.6) is 0 Å². The average Bonchev–Trinajstić information content (AvgIpc) is 3.02. The minimum Gasteiger partial charge on any atom is -0.327 e. The van der Waals surface area contributed by atoms with Crippen molar-refractivity contribution >= 4 is 11.0 Å². The van der Waals surface area contributed by atoms with Gasteiger partial charge in [-0.05, 0) is 36.6 Å². The van der Waals surface area contributed by atoms with E-state index < -0.39 is 0 Å². The van der Waals surface area contributed by atoms with Crippen molar-refractivity contribution in [3.05, 3.63) is 65.5 Å².